The maximum atomic E-state index is 11.9. The minimum Gasteiger partial charge on any atom is -0.479 e. The lowest BCUT2D eigenvalue weighted by Gasteiger charge is -2.38. The van der Waals surface area contributed by atoms with E-state index in [1.165, 1.54) is 23.2 Å². The topological polar surface area (TPSA) is 63.3 Å². The van der Waals surface area contributed by atoms with Crippen molar-refractivity contribution < 1.29 is 19.0 Å². The molecule has 0 aliphatic carbocycles. The molecule has 7 nitrogen and oxygen atoms in total. The number of anilines is 1. The molecule has 10 heteroatoms. The van der Waals surface area contributed by atoms with Gasteiger partial charge < -0.3 is 19.5 Å². The highest BCUT2D eigenvalue weighted by atomic mass is 35.5. The van der Waals surface area contributed by atoms with Crippen LogP contribution in [0.3, 0.4) is 0 Å². The molecule has 1 aliphatic heterocycles. The Morgan fingerprint density at radius 1 is 1.44 bits per heavy atom. The molecule has 25 heavy (non-hydrogen) atoms. The van der Waals surface area contributed by atoms with E-state index in [-0.39, 0.29) is 18.5 Å². The third kappa shape index (κ3) is 4.80. The number of rotatable bonds is 3. The number of carbonyl (C=O) groups is 1. The summed E-state index contributed by atoms with van der Waals surface area (Å²) in [5.74, 6) is 2.71. The van der Waals surface area contributed by atoms with Crippen LogP contribution in [0.4, 0.5) is 10.5 Å². The molecule has 2 rings (SSSR count). The molecule has 0 radical (unpaired) electrons. The quantitative estimate of drug-likeness (QED) is 0.614. The predicted molar refractivity (Wildman–Crippen MR) is 98.8 cm³/mol. The van der Waals surface area contributed by atoms with Crippen molar-refractivity contribution in [2.45, 2.75) is 0 Å². The van der Waals surface area contributed by atoms with E-state index in [0.717, 1.165) is 0 Å². The fourth-order valence-electron chi connectivity index (χ4n) is 1.99. The zero-order chi connectivity index (χ0) is 18.4. The first-order valence-corrected chi connectivity index (χ1v) is 8.21. The lowest BCUT2D eigenvalue weighted by molar-refractivity contribution is -0.0963. The molecule has 0 saturated carbocycles. The number of methoxy groups -OCH3 is 1. The van der Waals surface area contributed by atoms with Crippen molar-refractivity contribution in [2.75, 3.05) is 38.9 Å². The average molecular weight is 404 g/mol. The Morgan fingerprint density at radius 2 is 2.20 bits per heavy atom. The van der Waals surface area contributed by atoms with E-state index in [9.17, 15) is 4.79 Å². The van der Waals surface area contributed by atoms with E-state index < -0.39 is 6.09 Å². The summed E-state index contributed by atoms with van der Waals surface area (Å²) in [5.41, 5.74) is 0.443. The van der Waals surface area contributed by atoms with E-state index in [4.69, 9.17) is 56.1 Å². The summed E-state index contributed by atoms with van der Waals surface area (Å²) in [5, 5.41) is 6.53. The second kappa shape index (κ2) is 8.97. The number of carbonyl (C=O) groups excluding carboxylic acids is 1. The third-order valence-corrected chi connectivity index (χ3v) is 4.07. The molecule has 1 heterocycles. The van der Waals surface area contributed by atoms with Gasteiger partial charge in [-0.1, -0.05) is 29.1 Å². The monoisotopic (exact) mass is 403 g/mol. The van der Waals surface area contributed by atoms with Gasteiger partial charge in [0.2, 0.25) is 0 Å². The minimum atomic E-state index is -0.548. The molecule has 1 N–H and O–H groups in total. The molecule has 0 bridgehead atoms. The number of halogens is 2. The van der Waals surface area contributed by atoms with Gasteiger partial charge in [-0.05, 0) is 18.3 Å². The molecule has 1 fully saturated rings. The van der Waals surface area contributed by atoms with Crippen LogP contribution in [0.25, 0.3) is 0 Å². The van der Waals surface area contributed by atoms with Gasteiger partial charge in [0.05, 0.1) is 36.0 Å². The van der Waals surface area contributed by atoms with Gasteiger partial charge in [0.1, 0.15) is 19.1 Å². The number of nitrogens with one attached hydrogen (secondary N) is 1. The summed E-state index contributed by atoms with van der Waals surface area (Å²) in [6.07, 6.45) is 4.63. The highest BCUT2D eigenvalue weighted by Crippen LogP contribution is 2.34. The molecule has 1 saturated heterocycles. The number of thiocarbonyl (C=S) groups is 1. The van der Waals surface area contributed by atoms with Gasteiger partial charge in [0, 0.05) is 6.07 Å². The molecule has 0 unspecified atom stereocenters. The minimum absolute atomic E-state index is 0.0569. The Morgan fingerprint density at radius 3 is 2.88 bits per heavy atom. The molecular formula is C15H15Cl2N3O4S. The molecule has 0 aromatic heterocycles. The second-order valence-corrected chi connectivity index (χ2v) is 5.92. The van der Waals surface area contributed by atoms with Gasteiger partial charge in [-0.3, -0.25) is 0 Å². The van der Waals surface area contributed by atoms with Crippen molar-refractivity contribution in [3.8, 4) is 18.1 Å². The molecule has 1 aromatic carbocycles. The maximum absolute atomic E-state index is 11.9. The Hall–Kier alpha value is -1.92. The van der Waals surface area contributed by atoms with Crippen LogP contribution >= 0.6 is 35.4 Å². The van der Waals surface area contributed by atoms with Crippen molar-refractivity contribution in [2.24, 2.45) is 0 Å². The first kappa shape index (κ1) is 19.4. The number of terminal acetylenes is 1. The van der Waals surface area contributed by atoms with Crippen molar-refractivity contribution in [1.29, 1.82) is 0 Å². The highest BCUT2D eigenvalue weighted by Gasteiger charge is 2.28. The Labute approximate surface area is 160 Å². The molecular weight excluding hydrogens is 389 g/mol. The molecule has 1 aliphatic rings. The van der Waals surface area contributed by atoms with Crippen LogP contribution in [0.15, 0.2) is 12.1 Å². The maximum Gasteiger partial charge on any atom is 0.428 e. The van der Waals surface area contributed by atoms with Gasteiger partial charge in [-0.2, -0.15) is 0 Å². The summed E-state index contributed by atoms with van der Waals surface area (Å²) in [6.45, 7) is 0.827. The van der Waals surface area contributed by atoms with E-state index in [2.05, 4.69) is 11.2 Å². The summed E-state index contributed by atoms with van der Waals surface area (Å²) in [7, 11) is 1.29. The molecule has 1 amide bonds. The Kier molecular flexibility index (Phi) is 6.96. The fourth-order valence-corrected chi connectivity index (χ4v) is 2.74. The van der Waals surface area contributed by atoms with Gasteiger partial charge in [0.15, 0.2) is 5.11 Å². The van der Waals surface area contributed by atoms with Crippen LogP contribution in [0.5, 0.6) is 5.75 Å². The number of hydrogen-bond acceptors (Lipinski definition) is 5. The van der Waals surface area contributed by atoms with Crippen LogP contribution in [-0.4, -0.2) is 54.8 Å². The average Bonchev–Trinajstić information content (AvgIpc) is 2.62. The van der Waals surface area contributed by atoms with Crippen molar-refractivity contribution in [3.63, 3.8) is 0 Å². The second-order valence-electron chi connectivity index (χ2n) is 4.72. The number of amides is 1. The lowest BCUT2D eigenvalue weighted by atomic mass is 10.3. The van der Waals surface area contributed by atoms with Crippen molar-refractivity contribution in [3.05, 3.63) is 22.2 Å². The number of ether oxygens (including phenoxy) is 3. The van der Waals surface area contributed by atoms with Crippen LogP contribution < -0.4 is 10.1 Å². The van der Waals surface area contributed by atoms with E-state index in [0.29, 0.717) is 34.6 Å². The highest BCUT2D eigenvalue weighted by molar-refractivity contribution is 7.80. The van der Waals surface area contributed by atoms with Gasteiger partial charge in [0.25, 0.3) is 0 Å². The zero-order valence-electron chi connectivity index (χ0n) is 13.3. The summed E-state index contributed by atoms with van der Waals surface area (Å²) < 4.78 is 15.4. The first-order chi connectivity index (χ1) is 12.0. The Bertz CT molecular complexity index is 711. The van der Waals surface area contributed by atoms with E-state index in [1.54, 1.807) is 6.07 Å². The third-order valence-electron chi connectivity index (χ3n) is 3.15. The smallest absolute Gasteiger partial charge is 0.428 e. The first-order valence-electron chi connectivity index (χ1n) is 7.05. The number of hydrogen-bond donors (Lipinski definition) is 1. The fraction of sp³-hybridized carbons (Fsp3) is 0.333. The molecule has 1 aromatic rings. The van der Waals surface area contributed by atoms with Gasteiger partial charge >= 0.3 is 6.09 Å². The lowest BCUT2D eigenvalue weighted by Crippen LogP contribution is -2.56. The summed E-state index contributed by atoms with van der Waals surface area (Å²) in [4.78, 5) is 11.9. The largest absolute Gasteiger partial charge is 0.479 e. The van der Waals surface area contributed by atoms with Crippen molar-refractivity contribution >= 4 is 52.3 Å². The molecule has 0 spiro atoms. The normalized spacial score (nSPS) is 13.8. The van der Waals surface area contributed by atoms with Crippen LogP contribution in [-0.2, 0) is 9.47 Å². The van der Waals surface area contributed by atoms with Crippen LogP contribution in [0.1, 0.15) is 0 Å². The van der Waals surface area contributed by atoms with Crippen LogP contribution in [0.2, 0.25) is 10.0 Å². The molecule has 0 atom stereocenters. The standard InChI is InChI=1S/C15H15Cl2N3O4S/c1-3-5-24-13-8-12(10(16)7-11(13)17)18-14(25)20-9-23-6-4-19(20)15(21)22-2/h1,7-8H,4-6,9H2,2H3,(H,18,25). The number of benzene rings is 1. The zero-order valence-corrected chi connectivity index (χ0v) is 15.6. The SMILES string of the molecule is C#CCOc1cc(NC(=S)N2COCCN2C(=O)OC)c(Cl)cc1Cl. The van der Waals surface area contributed by atoms with Gasteiger partial charge in [-0.15, -0.1) is 6.42 Å². The Balaban J connectivity index is 2.18. The van der Waals surface area contributed by atoms with E-state index >= 15 is 0 Å². The van der Waals surface area contributed by atoms with E-state index in [1.807, 2.05) is 0 Å². The molecule has 134 valence electrons. The van der Waals surface area contributed by atoms with Crippen molar-refractivity contribution in [1.82, 2.24) is 10.0 Å². The van der Waals surface area contributed by atoms with Gasteiger partial charge in [-0.25, -0.2) is 14.8 Å². The number of hydrazine groups is 1. The summed E-state index contributed by atoms with van der Waals surface area (Å²) in [6, 6.07) is 3.08. The van der Waals surface area contributed by atoms with Crippen LogP contribution in [0, 0.1) is 12.3 Å². The summed E-state index contributed by atoms with van der Waals surface area (Å²) >= 11 is 17.6. The predicted octanol–water partition coefficient (Wildman–Crippen LogP) is 2.98. The number of nitrogens with zero attached hydrogens (tertiary/aromatic N) is 2.